The summed E-state index contributed by atoms with van der Waals surface area (Å²) in [6.07, 6.45) is 6.51. The molecule has 1 heterocycles. The van der Waals surface area contributed by atoms with E-state index in [1.807, 2.05) is 35.3 Å². The van der Waals surface area contributed by atoms with Gasteiger partial charge in [-0.3, -0.25) is 4.79 Å². The summed E-state index contributed by atoms with van der Waals surface area (Å²) < 4.78 is 24.4. The fraction of sp³-hybridized carbons (Fsp3) is 0.312. The first kappa shape index (κ1) is 18.6. The van der Waals surface area contributed by atoms with Crippen LogP contribution in [0.15, 0.2) is 53.7 Å². The van der Waals surface area contributed by atoms with Gasteiger partial charge in [0.25, 0.3) is 0 Å². The molecule has 0 aliphatic carbocycles. The van der Waals surface area contributed by atoms with Crippen molar-refractivity contribution in [3.8, 4) is 0 Å². The van der Waals surface area contributed by atoms with Gasteiger partial charge in [0.1, 0.15) is 6.04 Å². The van der Waals surface area contributed by atoms with E-state index in [9.17, 15) is 13.2 Å². The molecule has 0 aliphatic heterocycles. The SMILES string of the molecule is CSCC[C@H](C(=O)NCc1ccc(S(N)(=O)=O)cc1)n1cccc1. The normalized spacial score (nSPS) is 12.8. The molecular weight excluding hydrogens is 346 g/mol. The van der Waals surface area contributed by atoms with Crippen molar-refractivity contribution in [2.45, 2.75) is 23.9 Å². The second kappa shape index (κ2) is 8.36. The van der Waals surface area contributed by atoms with Crippen LogP contribution in [-0.4, -0.2) is 30.9 Å². The van der Waals surface area contributed by atoms with Crippen molar-refractivity contribution in [1.29, 1.82) is 0 Å². The molecule has 0 saturated carbocycles. The topological polar surface area (TPSA) is 94.2 Å². The Morgan fingerprint density at radius 1 is 1.25 bits per heavy atom. The van der Waals surface area contributed by atoms with Gasteiger partial charge < -0.3 is 9.88 Å². The average molecular weight is 367 g/mol. The summed E-state index contributed by atoms with van der Waals surface area (Å²) in [6, 6.07) is 9.70. The number of nitrogens with two attached hydrogens (primary N) is 1. The number of rotatable bonds is 8. The lowest BCUT2D eigenvalue weighted by atomic mass is 10.2. The molecule has 8 heteroatoms. The maximum Gasteiger partial charge on any atom is 0.243 e. The third kappa shape index (κ3) is 5.12. The van der Waals surface area contributed by atoms with Gasteiger partial charge in [0.05, 0.1) is 4.90 Å². The molecule has 0 radical (unpaired) electrons. The van der Waals surface area contributed by atoms with Gasteiger partial charge in [0.15, 0.2) is 0 Å². The lowest BCUT2D eigenvalue weighted by Gasteiger charge is -2.18. The number of hydrogen-bond donors (Lipinski definition) is 2. The summed E-state index contributed by atoms with van der Waals surface area (Å²) in [5.74, 6) is 0.829. The number of nitrogens with zero attached hydrogens (tertiary/aromatic N) is 1. The molecule has 2 rings (SSSR count). The standard InChI is InChI=1S/C16H21N3O3S2/c1-23-11-8-15(19-9-2-3-10-19)16(20)18-12-13-4-6-14(7-5-13)24(17,21)22/h2-7,9-10,15H,8,11-12H2,1H3,(H,18,20)(H2,17,21,22)/t15-/m1/s1. The van der Waals surface area contributed by atoms with Crippen LogP contribution in [0.5, 0.6) is 0 Å². The molecule has 1 atom stereocenters. The quantitative estimate of drug-likeness (QED) is 0.743. The first-order valence-electron chi connectivity index (χ1n) is 7.42. The molecular formula is C16H21N3O3S2. The summed E-state index contributed by atoms with van der Waals surface area (Å²) in [4.78, 5) is 12.5. The molecule has 0 unspecified atom stereocenters. The average Bonchev–Trinajstić information content (AvgIpc) is 3.07. The van der Waals surface area contributed by atoms with E-state index in [1.54, 1.807) is 23.9 Å². The minimum Gasteiger partial charge on any atom is -0.350 e. The van der Waals surface area contributed by atoms with Gasteiger partial charge in [0.2, 0.25) is 15.9 Å². The zero-order valence-electron chi connectivity index (χ0n) is 13.4. The molecule has 0 saturated heterocycles. The van der Waals surface area contributed by atoms with Crippen molar-refractivity contribution in [2.24, 2.45) is 5.14 Å². The number of carbonyl (C=O) groups is 1. The Morgan fingerprint density at radius 3 is 2.42 bits per heavy atom. The summed E-state index contributed by atoms with van der Waals surface area (Å²) in [6.45, 7) is 0.334. The highest BCUT2D eigenvalue weighted by atomic mass is 32.2. The molecule has 1 amide bonds. The Morgan fingerprint density at radius 2 is 1.88 bits per heavy atom. The number of primary sulfonamides is 1. The van der Waals surface area contributed by atoms with E-state index in [0.717, 1.165) is 17.7 Å². The van der Waals surface area contributed by atoms with Gasteiger partial charge in [-0.2, -0.15) is 11.8 Å². The van der Waals surface area contributed by atoms with Crippen LogP contribution in [0.4, 0.5) is 0 Å². The minimum absolute atomic E-state index is 0.0581. The van der Waals surface area contributed by atoms with Gasteiger partial charge in [-0.1, -0.05) is 12.1 Å². The van der Waals surface area contributed by atoms with E-state index in [0.29, 0.717) is 6.54 Å². The van der Waals surface area contributed by atoms with E-state index in [1.165, 1.54) is 12.1 Å². The van der Waals surface area contributed by atoms with E-state index >= 15 is 0 Å². The molecule has 1 aromatic heterocycles. The highest BCUT2D eigenvalue weighted by Gasteiger charge is 2.18. The van der Waals surface area contributed by atoms with Crippen LogP contribution in [0.1, 0.15) is 18.0 Å². The Bertz CT molecular complexity index is 756. The number of carbonyl (C=O) groups excluding carboxylic acids is 1. The third-order valence-corrected chi connectivity index (χ3v) is 5.18. The number of sulfonamides is 1. The molecule has 0 bridgehead atoms. The maximum atomic E-state index is 12.5. The van der Waals surface area contributed by atoms with Crippen LogP contribution in [0.2, 0.25) is 0 Å². The Balaban J connectivity index is 2.00. The first-order chi connectivity index (χ1) is 11.4. The Labute approximate surface area is 146 Å². The largest absolute Gasteiger partial charge is 0.350 e. The lowest BCUT2D eigenvalue weighted by molar-refractivity contribution is -0.124. The zero-order valence-corrected chi connectivity index (χ0v) is 15.0. The minimum atomic E-state index is -3.70. The Hall–Kier alpha value is -1.77. The molecule has 130 valence electrons. The molecule has 3 N–H and O–H groups in total. The van der Waals surface area contributed by atoms with E-state index in [4.69, 9.17) is 5.14 Å². The van der Waals surface area contributed by atoms with Crippen LogP contribution >= 0.6 is 11.8 Å². The van der Waals surface area contributed by atoms with E-state index in [-0.39, 0.29) is 16.8 Å². The second-order valence-electron chi connectivity index (χ2n) is 5.33. The molecule has 0 spiro atoms. The number of hydrogen-bond acceptors (Lipinski definition) is 4. The fourth-order valence-corrected chi connectivity index (χ4v) is 3.28. The van der Waals surface area contributed by atoms with Crippen LogP contribution in [0.25, 0.3) is 0 Å². The highest BCUT2D eigenvalue weighted by Crippen LogP contribution is 2.16. The fourth-order valence-electron chi connectivity index (χ4n) is 2.30. The smallest absolute Gasteiger partial charge is 0.243 e. The number of amides is 1. The van der Waals surface area contributed by atoms with E-state index in [2.05, 4.69) is 5.32 Å². The van der Waals surface area contributed by atoms with Crippen molar-refractivity contribution in [3.05, 3.63) is 54.4 Å². The van der Waals surface area contributed by atoms with Gasteiger partial charge in [-0.15, -0.1) is 0 Å². The van der Waals surface area contributed by atoms with Crippen LogP contribution in [-0.2, 0) is 21.4 Å². The molecule has 24 heavy (non-hydrogen) atoms. The summed E-state index contributed by atoms with van der Waals surface area (Å²) >= 11 is 1.70. The van der Waals surface area contributed by atoms with Gasteiger partial charge in [-0.05, 0) is 48.3 Å². The number of thioether (sulfide) groups is 1. The van der Waals surface area contributed by atoms with Crippen LogP contribution in [0.3, 0.4) is 0 Å². The second-order valence-corrected chi connectivity index (χ2v) is 7.88. The number of benzene rings is 1. The monoisotopic (exact) mass is 367 g/mol. The summed E-state index contributed by atoms with van der Waals surface area (Å²) in [5.41, 5.74) is 0.812. The summed E-state index contributed by atoms with van der Waals surface area (Å²) in [5, 5.41) is 7.97. The molecule has 2 aromatic rings. The zero-order chi connectivity index (χ0) is 17.6. The van der Waals surface area contributed by atoms with E-state index < -0.39 is 10.0 Å². The number of aromatic nitrogens is 1. The number of nitrogens with one attached hydrogen (secondary N) is 1. The van der Waals surface area contributed by atoms with Crippen molar-refractivity contribution in [1.82, 2.24) is 9.88 Å². The summed E-state index contributed by atoms with van der Waals surface area (Å²) in [7, 11) is -3.70. The van der Waals surface area contributed by atoms with Gasteiger partial charge >= 0.3 is 0 Å². The lowest BCUT2D eigenvalue weighted by Crippen LogP contribution is -2.32. The van der Waals surface area contributed by atoms with Crippen LogP contribution in [0, 0.1) is 0 Å². The highest BCUT2D eigenvalue weighted by molar-refractivity contribution is 7.98. The van der Waals surface area contributed by atoms with Crippen molar-refractivity contribution in [3.63, 3.8) is 0 Å². The third-order valence-electron chi connectivity index (χ3n) is 3.60. The van der Waals surface area contributed by atoms with Crippen molar-refractivity contribution >= 4 is 27.7 Å². The molecule has 0 fully saturated rings. The maximum absolute atomic E-state index is 12.5. The Kier molecular flexibility index (Phi) is 6.47. The predicted molar refractivity (Wildman–Crippen MR) is 96.1 cm³/mol. The molecule has 0 aliphatic rings. The van der Waals surface area contributed by atoms with Crippen LogP contribution < -0.4 is 10.5 Å². The molecule has 1 aromatic carbocycles. The van der Waals surface area contributed by atoms with Gasteiger partial charge in [0, 0.05) is 18.9 Å². The molecule has 6 nitrogen and oxygen atoms in total. The van der Waals surface area contributed by atoms with Gasteiger partial charge in [-0.25, -0.2) is 13.6 Å². The van der Waals surface area contributed by atoms with Crippen molar-refractivity contribution in [2.75, 3.05) is 12.0 Å². The first-order valence-corrected chi connectivity index (χ1v) is 10.4. The van der Waals surface area contributed by atoms with Crippen molar-refractivity contribution < 1.29 is 13.2 Å². The predicted octanol–water partition coefficient (Wildman–Crippen LogP) is 1.75.